The van der Waals surface area contributed by atoms with Crippen LogP contribution in [0.1, 0.15) is 31.1 Å². The summed E-state index contributed by atoms with van der Waals surface area (Å²) in [5.41, 5.74) is -1.42. The molecule has 2 N–H and O–H groups in total. The first-order chi connectivity index (χ1) is 7.57. The number of aromatic nitrogens is 1. The van der Waals surface area contributed by atoms with E-state index in [4.69, 9.17) is 5.11 Å². The maximum absolute atomic E-state index is 12.0. The number of carboxylic acid groups (broad SMARTS) is 1. The maximum atomic E-state index is 12.0. The largest absolute Gasteiger partial charge is 0.477 e. The molecule has 1 aromatic heterocycles. The number of hydrogen-bond acceptors (Lipinski definition) is 4. The summed E-state index contributed by atoms with van der Waals surface area (Å²) in [5.74, 6) is -1.46. The number of nitrogens with one attached hydrogen (secondary N) is 1. The van der Waals surface area contributed by atoms with Crippen LogP contribution in [0.2, 0.25) is 0 Å². The van der Waals surface area contributed by atoms with E-state index < -0.39 is 31.7 Å². The molecular formula is C10H13NO5S. The van der Waals surface area contributed by atoms with Crippen molar-refractivity contribution in [2.24, 2.45) is 0 Å². The highest BCUT2D eigenvalue weighted by Crippen LogP contribution is 2.23. The number of H-pyrrole nitrogens is 1. The van der Waals surface area contributed by atoms with Crippen LogP contribution in [0.3, 0.4) is 0 Å². The lowest BCUT2D eigenvalue weighted by molar-refractivity contribution is 0.0694. The van der Waals surface area contributed by atoms with E-state index in [9.17, 15) is 18.0 Å². The van der Waals surface area contributed by atoms with Gasteiger partial charge in [0.25, 0.3) is 5.56 Å². The zero-order valence-electron chi connectivity index (χ0n) is 9.64. The molecule has 0 aliphatic rings. The van der Waals surface area contributed by atoms with Crippen LogP contribution in [0.15, 0.2) is 22.0 Å². The Kier molecular flexibility index (Phi) is 3.15. The van der Waals surface area contributed by atoms with E-state index in [0.717, 1.165) is 12.3 Å². The van der Waals surface area contributed by atoms with Crippen LogP contribution >= 0.6 is 0 Å². The molecular weight excluding hydrogens is 246 g/mol. The average molecular weight is 259 g/mol. The summed E-state index contributed by atoms with van der Waals surface area (Å²) in [6, 6.07) is 0.877. The minimum absolute atomic E-state index is 0.206. The SMILES string of the molecule is CC(C)(C)S(=O)(=O)c1c[nH]c(=O)c(C(=O)O)c1. The first kappa shape index (κ1) is 13.4. The standard InChI is InChI=1S/C10H13NO5S/c1-10(2,3)17(15,16)6-4-7(9(13)14)8(12)11-5-6/h4-5H,1-3H3,(H,11,12)(H,13,14). The van der Waals surface area contributed by atoms with E-state index in [0.29, 0.717) is 0 Å². The summed E-state index contributed by atoms with van der Waals surface area (Å²) in [5, 5.41) is 8.74. The highest BCUT2D eigenvalue weighted by molar-refractivity contribution is 7.92. The zero-order chi connectivity index (χ0) is 13.4. The minimum Gasteiger partial charge on any atom is -0.477 e. The quantitative estimate of drug-likeness (QED) is 0.811. The van der Waals surface area contributed by atoms with Gasteiger partial charge in [-0.3, -0.25) is 4.79 Å². The fourth-order valence-corrected chi connectivity index (χ4v) is 2.33. The Balaban J connectivity index is 3.52. The Hall–Kier alpha value is -1.63. The molecule has 1 heterocycles. The lowest BCUT2D eigenvalue weighted by Crippen LogP contribution is -2.29. The van der Waals surface area contributed by atoms with Crippen LogP contribution in [0.4, 0.5) is 0 Å². The predicted octanol–water partition coefficient (Wildman–Crippen LogP) is 0.645. The molecule has 0 aromatic carbocycles. The molecule has 0 spiro atoms. The molecule has 0 radical (unpaired) electrons. The molecule has 0 amide bonds. The summed E-state index contributed by atoms with van der Waals surface area (Å²) in [4.78, 5) is 23.8. The molecule has 0 unspecified atom stereocenters. The van der Waals surface area contributed by atoms with Crippen molar-refractivity contribution < 1.29 is 18.3 Å². The molecule has 1 aromatic rings. The van der Waals surface area contributed by atoms with Crippen molar-refractivity contribution in [2.75, 3.05) is 0 Å². The Morgan fingerprint density at radius 1 is 1.35 bits per heavy atom. The second kappa shape index (κ2) is 3.99. The van der Waals surface area contributed by atoms with Crippen LogP contribution in [0.25, 0.3) is 0 Å². The fraction of sp³-hybridized carbons (Fsp3) is 0.400. The molecule has 0 fully saturated rings. The molecule has 0 saturated carbocycles. The lowest BCUT2D eigenvalue weighted by Gasteiger charge is -2.19. The number of carbonyl (C=O) groups is 1. The Morgan fingerprint density at radius 2 is 1.88 bits per heavy atom. The van der Waals surface area contributed by atoms with Crippen molar-refractivity contribution in [1.82, 2.24) is 4.98 Å². The van der Waals surface area contributed by atoms with Gasteiger partial charge in [0.1, 0.15) is 5.56 Å². The fourth-order valence-electron chi connectivity index (χ4n) is 1.13. The third-order valence-corrected chi connectivity index (χ3v) is 4.69. The molecule has 0 saturated heterocycles. The molecule has 0 atom stereocenters. The number of hydrogen-bond donors (Lipinski definition) is 2. The molecule has 7 heteroatoms. The summed E-state index contributed by atoms with van der Waals surface area (Å²) in [6.07, 6.45) is 1.01. The molecule has 1 rings (SSSR count). The van der Waals surface area contributed by atoms with Gasteiger partial charge in [-0.25, -0.2) is 13.2 Å². The predicted molar refractivity (Wildman–Crippen MR) is 61.0 cm³/mol. The van der Waals surface area contributed by atoms with Crippen molar-refractivity contribution in [2.45, 2.75) is 30.4 Å². The second-order valence-corrected chi connectivity index (χ2v) is 7.20. The Morgan fingerprint density at radius 3 is 2.29 bits per heavy atom. The van der Waals surface area contributed by atoms with Gasteiger partial charge in [-0.15, -0.1) is 0 Å². The first-order valence-electron chi connectivity index (χ1n) is 4.78. The number of pyridine rings is 1. The number of rotatable bonds is 2. The lowest BCUT2D eigenvalue weighted by atomic mass is 10.3. The topological polar surface area (TPSA) is 104 Å². The highest BCUT2D eigenvalue weighted by atomic mass is 32.2. The first-order valence-corrected chi connectivity index (χ1v) is 6.26. The molecule has 0 aliphatic carbocycles. The minimum atomic E-state index is -3.68. The normalized spacial score (nSPS) is 12.4. The average Bonchev–Trinajstić information content (AvgIpc) is 2.15. The second-order valence-electron chi connectivity index (χ2n) is 4.50. The van der Waals surface area contributed by atoms with Crippen molar-refractivity contribution in [1.29, 1.82) is 0 Å². The van der Waals surface area contributed by atoms with Gasteiger partial charge in [0.15, 0.2) is 9.84 Å². The van der Waals surface area contributed by atoms with Gasteiger partial charge in [-0.1, -0.05) is 0 Å². The third kappa shape index (κ3) is 2.38. The molecule has 94 valence electrons. The molecule has 0 bridgehead atoms. The van der Waals surface area contributed by atoms with Gasteiger partial charge in [0.05, 0.1) is 9.64 Å². The van der Waals surface area contributed by atoms with E-state index in [1.807, 2.05) is 0 Å². The van der Waals surface area contributed by atoms with Crippen LogP contribution in [-0.4, -0.2) is 29.2 Å². The van der Waals surface area contributed by atoms with Gasteiger partial charge >= 0.3 is 5.97 Å². The van der Waals surface area contributed by atoms with Crippen LogP contribution in [-0.2, 0) is 9.84 Å². The van der Waals surface area contributed by atoms with Crippen LogP contribution in [0, 0.1) is 0 Å². The van der Waals surface area contributed by atoms with Gasteiger partial charge in [0, 0.05) is 6.20 Å². The van der Waals surface area contributed by atoms with E-state index in [1.54, 1.807) is 0 Å². The Bertz CT molecular complexity index is 606. The summed E-state index contributed by atoms with van der Waals surface area (Å²) >= 11 is 0. The number of aromatic amines is 1. The van der Waals surface area contributed by atoms with Gasteiger partial charge in [0.2, 0.25) is 0 Å². The van der Waals surface area contributed by atoms with Gasteiger partial charge in [-0.05, 0) is 26.8 Å². The molecule has 17 heavy (non-hydrogen) atoms. The van der Waals surface area contributed by atoms with E-state index in [1.165, 1.54) is 20.8 Å². The van der Waals surface area contributed by atoms with Crippen LogP contribution in [0.5, 0.6) is 0 Å². The Labute approximate surface area is 98.2 Å². The summed E-state index contributed by atoms with van der Waals surface area (Å²) in [6.45, 7) is 4.48. The smallest absolute Gasteiger partial charge is 0.341 e. The zero-order valence-corrected chi connectivity index (χ0v) is 10.5. The summed E-state index contributed by atoms with van der Waals surface area (Å²) in [7, 11) is -3.68. The number of aromatic carboxylic acids is 1. The number of sulfone groups is 1. The van der Waals surface area contributed by atoms with Crippen molar-refractivity contribution >= 4 is 15.8 Å². The van der Waals surface area contributed by atoms with Crippen molar-refractivity contribution in [3.05, 3.63) is 28.2 Å². The highest BCUT2D eigenvalue weighted by Gasteiger charge is 2.31. The molecule has 6 nitrogen and oxygen atoms in total. The van der Waals surface area contributed by atoms with Crippen molar-refractivity contribution in [3.8, 4) is 0 Å². The van der Waals surface area contributed by atoms with Crippen LogP contribution < -0.4 is 5.56 Å². The van der Waals surface area contributed by atoms with E-state index in [-0.39, 0.29) is 4.90 Å². The maximum Gasteiger partial charge on any atom is 0.341 e. The van der Waals surface area contributed by atoms with Gasteiger partial charge < -0.3 is 10.1 Å². The molecule has 0 aliphatic heterocycles. The summed E-state index contributed by atoms with van der Waals surface area (Å²) < 4.78 is 23.0. The van der Waals surface area contributed by atoms with Crippen molar-refractivity contribution in [3.63, 3.8) is 0 Å². The monoisotopic (exact) mass is 259 g/mol. The van der Waals surface area contributed by atoms with Gasteiger partial charge in [-0.2, -0.15) is 0 Å². The third-order valence-electron chi connectivity index (χ3n) is 2.22. The van der Waals surface area contributed by atoms with E-state index >= 15 is 0 Å². The van der Waals surface area contributed by atoms with E-state index in [2.05, 4.69) is 4.98 Å². The number of carboxylic acids is 1.